The molecule has 1 heterocycles. The van der Waals surface area contributed by atoms with Crippen molar-refractivity contribution >= 4 is 5.91 Å². The number of hydrogen-bond acceptors (Lipinski definition) is 2. The highest BCUT2D eigenvalue weighted by atomic mass is 19.1. The number of halogens is 1. The summed E-state index contributed by atoms with van der Waals surface area (Å²) >= 11 is 0. The number of carbonyl (C=O) groups is 1. The number of rotatable bonds is 4. The summed E-state index contributed by atoms with van der Waals surface area (Å²) in [6, 6.07) is 2.98. The molecule has 0 saturated heterocycles. The fourth-order valence-corrected chi connectivity index (χ4v) is 1.62. The summed E-state index contributed by atoms with van der Waals surface area (Å²) < 4.78 is 13.2. The highest BCUT2D eigenvalue weighted by molar-refractivity contribution is 5.94. The summed E-state index contributed by atoms with van der Waals surface area (Å²) in [6.07, 6.45) is 3.13. The molecule has 0 aliphatic heterocycles. The first-order valence-electron chi connectivity index (χ1n) is 5.39. The van der Waals surface area contributed by atoms with E-state index in [1.54, 1.807) is 6.07 Å². The van der Waals surface area contributed by atoms with Crippen LogP contribution in [0, 0.1) is 5.95 Å². The lowest BCUT2D eigenvalue weighted by Crippen LogP contribution is -2.43. The van der Waals surface area contributed by atoms with E-state index < -0.39 is 11.9 Å². The molecule has 0 aliphatic rings. The topological polar surface area (TPSA) is 42.0 Å². The Hall–Kier alpha value is -1.45. The first-order valence-corrected chi connectivity index (χ1v) is 5.39. The molecule has 0 radical (unpaired) electrons. The van der Waals surface area contributed by atoms with Crippen LogP contribution in [-0.4, -0.2) is 16.4 Å². The van der Waals surface area contributed by atoms with E-state index in [0.717, 1.165) is 12.8 Å². The molecule has 0 fully saturated rings. The van der Waals surface area contributed by atoms with Gasteiger partial charge in [0.15, 0.2) is 0 Å². The summed E-state index contributed by atoms with van der Waals surface area (Å²) in [5.74, 6) is -1.14. The Bertz CT molecular complexity index is 377. The van der Waals surface area contributed by atoms with E-state index in [0.29, 0.717) is 0 Å². The summed E-state index contributed by atoms with van der Waals surface area (Å²) in [7, 11) is 0. The number of aromatic nitrogens is 1. The third-order valence-electron chi connectivity index (χ3n) is 2.33. The number of carbonyl (C=O) groups excluding carboxylic acids is 1. The van der Waals surface area contributed by atoms with Crippen molar-refractivity contribution in [1.82, 2.24) is 10.3 Å². The molecular weight excluding hydrogens is 207 g/mol. The van der Waals surface area contributed by atoms with Gasteiger partial charge in [0, 0.05) is 11.7 Å². The maximum atomic E-state index is 13.2. The van der Waals surface area contributed by atoms with Crippen molar-refractivity contribution in [3.05, 3.63) is 29.8 Å². The minimum absolute atomic E-state index is 0.00771. The molecule has 88 valence electrons. The van der Waals surface area contributed by atoms with Crippen LogP contribution in [0.4, 0.5) is 4.39 Å². The molecule has 1 aromatic heterocycles. The Kier molecular flexibility index (Phi) is 3.99. The van der Waals surface area contributed by atoms with Gasteiger partial charge in [0.1, 0.15) is 0 Å². The largest absolute Gasteiger partial charge is 0.347 e. The van der Waals surface area contributed by atoms with Gasteiger partial charge in [-0.05, 0) is 32.4 Å². The Morgan fingerprint density at radius 3 is 2.81 bits per heavy atom. The second kappa shape index (κ2) is 5.05. The highest BCUT2D eigenvalue weighted by Crippen LogP contribution is 2.12. The van der Waals surface area contributed by atoms with Crippen LogP contribution in [0.25, 0.3) is 0 Å². The van der Waals surface area contributed by atoms with Gasteiger partial charge in [-0.1, -0.05) is 13.3 Å². The van der Waals surface area contributed by atoms with E-state index in [1.807, 2.05) is 20.8 Å². The van der Waals surface area contributed by atoms with Gasteiger partial charge in [0.25, 0.3) is 5.91 Å². The zero-order valence-electron chi connectivity index (χ0n) is 9.88. The zero-order chi connectivity index (χ0) is 12.2. The van der Waals surface area contributed by atoms with E-state index in [1.165, 1.54) is 12.3 Å². The van der Waals surface area contributed by atoms with Gasteiger partial charge >= 0.3 is 0 Å². The Balaban J connectivity index is 2.77. The minimum atomic E-state index is -0.729. The van der Waals surface area contributed by atoms with Crippen LogP contribution < -0.4 is 5.32 Å². The first-order chi connectivity index (χ1) is 7.46. The average Bonchev–Trinajstić information content (AvgIpc) is 2.17. The summed E-state index contributed by atoms with van der Waals surface area (Å²) in [5.41, 5.74) is -0.333. The van der Waals surface area contributed by atoms with Gasteiger partial charge in [-0.25, -0.2) is 4.98 Å². The minimum Gasteiger partial charge on any atom is -0.347 e. The second-order valence-electron chi connectivity index (χ2n) is 4.43. The Morgan fingerprint density at radius 2 is 2.25 bits per heavy atom. The van der Waals surface area contributed by atoms with E-state index in [2.05, 4.69) is 10.3 Å². The summed E-state index contributed by atoms with van der Waals surface area (Å²) in [6.45, 7) is 5.88. The lowest BCUT2D eigenvalue weighted by atomic mass is 9.98. The van der Waals surface area contributed by atoms with Crippen LogP contribution in [0.5, 0.6) is 0 Å². The molecule has 0 atom stereocenters. The van der Waals surface area contributed by atoms with Crippen LogP contribution in [-0.2, 0) is 0 Å². The monoisotopic (exact) mass is 224 g/mol. The number of nitrogens with zero attached hydrogens (tertiary/aromatic N) is 1. The molecule has 0 unspecified atom stereocenters. The van der Waals surface area contributed by atoms with Crippen molar-refractivity contribution < 1.29 is 9.18 Å². The third kappa shape index (κ3) is 3.29. The van der Waals surface area contributed by atoms with Crippen LogP contribution in [0.2, 0.25) is 0 Å². The Labute approximate surface area is 95.1 Å². The fourth-order valence-electron chi connectivity index (χ4n) is 1.62. The molecule has 1 rings (SSSR count). The molecule has 16 heavy (non-hydrogen) atoms. The van der Waals surface area contributed by atoms with Crippen molar-refractivity contribution in [2.24, 2.45) is 0 Å². The van der Waals surface area contributed by atoms with Gasteiger partial charge in [-0.2, -0.15) is 4.39 Å². The number of amides is 1. The quantitative estimate of drug-likeness (QED) is 0.798. The second-order valence-corrected chi connectivity index (χ2v) is 4.43. The van der Waals surface area contributed by atoms with Crippen LogP contribution in [0.15, 0.2) is 18.3 Å². The van der Waals surface area contributed by atoms with Gasteiger partial charge in [-0.15, -0.1) is 0 Å². The lowest BCUT2D eigenvalue weighted by molar-refractivity contribution is 0.0904. The molecule has 0 aromatic carbocycles. The average molecular weight is 224 g/mol. The highest BCUT2D eigenvalue weighted by Gasteiger charge is 2.21. The van der Waals surface area contributed by atoms with Crippen molar-refractivity contribution in [1.29, 1.82) is 0 Å². The molecule has 1 N–H and O–H groups in total. The summed E-state index contributed by atoms with van der Waals surface area (Å²) in [4.78, 5) is 15.2. The van der Waals surface area contributed by atoms with Crippen molar-refractivity contribution in [3.8, 4) is 0 Å². The molecule has 1 amide bonds. The lowest BCUT2D eigenvalue weighted by Gasteiger charge is -2.25. The molecule has 0 spiro atoms. The molecule has 3 nitrogen and oxygen atoms in total. The summed E-state index contributed by atoms with van der Waals surface area (Å²) in [5, 5.41) is 2.80. The predicted octanol–water partition coefficient (Wildman–Crippen LogP) is 2.53. The fraction of sp³-hybridized carbons (Fsp3) is 0.500. The molecule has 0 aliphatic carbocycles. The van der Waals surface area contributed by atoms with E-state index in [4.69, 9.17) is 0 Å². The number of nitrogens with one attached hydrogen (secondary N) is 1. The van der Waals surface area contributed by atoms with Crippen molar-refractivity contribution in [2.45, 2.75) is 39.2 Å². The SMILES string of the molecule is CCCC(C)(C)NC(=O)c1cccnc1F. The van der Waals surface area contributed by atoms with Crippen LogP contribution >= 0.6 is 0 Å². The van der Waals surface area contributed by atoms with E-state index >= 15 is 0 Å². The first kappa shape index (κ1) is 12.6. The molecule has 4 heteroatoms. The van der Waals surface area contributed by atoms with Gasteiger partial charge in [0.05, 0.1) is 5.56 Å². The number of pyridine rings is 1. The zero-order valence-corrected chi connectivity index (χ0v) is 9.88. The maximum absolute atomic E-state index is 13.2. The van der Waals surface area contributed by atoms with Crippen LogP contribution in [0.3, 0.4) is 0 Å². The standard InChI is InChI=1S/C12H17FN2O/c1-4-7-12(2,3)15-11(16)9-6-5-8-14-10(9)13/h5-6,8H,4,7H2,1-3H3,(H,15,16). The van der Waals surface area contributed by atoms with Gasteiger partial charge < -0.3 is 5.32 Å². The van der Waals surface area contributed by atoms with E-state index in [9.17, 15) is 9.18 Å². The molecule has 1 aromatic rings. The van der Waals surface area contributed by atoms with E-state index in [-0.39, 0.29) is 11.1 Å². The number of hydrogen-bond donors (Lipinski definition) is 1. The van der Waals surface area contributed by atoms with Crippen molar-refractivity contribution in [3.63, 3.8) is 0 Å². The smallest absolute Gasteiger partial charge is 0.256 e. The maximum Gasteiger partial charge on any atom is 0.256 e. The normalized spacial score (nSPS) is 11.2. The Morgan fingerprint density at radius 1 is 1.56 bits per heavy atom. The van der Waals surface area contributed by atoms with Crippen molar-refractivity contribution in [2.75, 3.05) is 0 Å². The van der Waals surface area contributed by atoms with Gasteiger partial charge in [-0.3, -0.25) is 4.79 Å². The predicted molar refractivity (Wildman–Crippen MR) is 60.6 cm³/mol. The third-order valence-corrected chi connectivity index (χ3v) is 2.33. The van der Waals surface area contributed by atoms with Crippen LogP contribution in [0.1, 0.15) is 44.0 Å². The molecular formula is C12H17FN2O. The molecule has 0 bridgehead atoms. The van der Waals surface area contributed by atoms with Gasteiger partial charge in [0.2, 0.25) is 5.95 Å². The molecule has 0 saturated carbocycles.